The third kappa shape index (κ3) is 3.36. The highest BCUT2D eigenvalue weighted by molar-refractivity contribution is 6.42. The van der Waals surface area contributed by atoms with E-state index in [4.69, 9.17) is 32.7 Å². The van der Waals surface area contributed by atoms with Crippen molar-refractivity contribution in [2.45, 2.75) is 12.0 Å². The molecule has 3 aromatic rings. The monoisotopic (exact) mass is 469 g/mol. The Bertz CT molecular complexity index is 1240. The molecule has 2 heterocycles. The lowest BCUT2D eigenvalue weighted by Crippen LogP contribution is -2.45. The number of hydrogen-bond donors (Lipinski definition) is 1. The molecule has 2 aliphatic rings. The van der Waals surface area contributed by atoms with Gasteiger partial charge in [-0.2, -0.15) is 0 Å². The van der Waals surface area contributed by atoms with E-state index in [1.54, 1.807) is 60.7 Å². The summed E-state index contributed by atoms with van der Waals surface area (Å²) in [5, 5.41) is 10.9. The van der Waals surface area contributed by atoms with Gasteiger partial charge >= 0.3 is 5.97 Å². The van der Waals surface area contributed by atoms with Gasteiger partial charge in [0.25, 0.3) is 5.91 Å². The first-order valence-electron chi connectivity index (χ1n) is 9.95. The molecule has 0 aliphatic carbocycles. The van der Waals surface area contributed by atoms with Gasteiger partial charge in [0, 0.05) is 11.3 Å². The molecule has 0 aromatic heterocycles. The van der Waals surface area contributed by atoms with Gasteiger partial charge < -0.3 is 14.6 Å². The highest BCUT2D eigenvalue weighted by Gasteiger charge is 2.45. The molecule has 0 fully saturated rings. The van der Waals surface area contributed by atoms with Crippen LogP contribution in [0.2, 0.25) is 10.0 Å². The van der Waals surface area contributed by atoms with E-state index < -0.39 is 17.9 Å². The van der Waals surface area contributed by atoms with Gasteiger partial charge in [0.1, 0.15) is 19.1 Å². The SMILES string of the molecule is O=C(O)[C@H]1c2ccccc2C(=O)N(c2ccc(Cl)c(Cl)c2)[C@@H]1c1ccc2c(c1)OCCO2. The van der Waals surface area contributed by atoms with E-state index in [1.807, 2.05) is 0 Å². The van der Waals surface area contributed by atoms with Gasteiger partial charge in [0.15, 0.2) is 11.5 Å². The average Bonchev–Trinajstić information content (AvgIpc) is 2.80. The van der Waals surface area contributed by atoms with Crippen LogP contribution in [0.1, 0.15) is 33.4 Å². The van der Waals surface area contributed by atoms with Crippen LogP contribution in [-0.2, 0) is 4.79 Å². The summed E-state index contributed by atoms with van der Waals surface area (Å²) in [5.74, 6) is -1.29. The fourth-order valence-corrected chi connectivity index (χ4v) is 4.60. The molecule has 162 valence electrons. The molecule has 32 heavy (non-hydrogen) atoms. The van der Waals surface area contributed by atoms with Gasteiger partial charge in [-0.3, -0.25) is 14.5 Å². The highest BCUT2D eigenvalue weighted by Crippen LogP contribution is 2.47. The summed E-state index contributed by atoms with van der Waals surface area (Å²) in [7, 11) is 0. The Morgan fingerprint density at radius 1 is 0.938 bits per heavy atom. The Balaban J connectivity index is 1.74. The van der Waals surface area contributed by atoms with E-state index in [0.29, 0.717) is 52.1 Å². The molecule has 5 rings (SSSR count). The minimum Gasteiger partial charge on any atom is -0.486 e. The van der Waals surface area contributed by atoms with Crippen molar-refractivity contribution in [1.29, 1.82) is 0 Å². The molecule has 8 heteroatoms. The van der Waals surface area contributed by atoms with E-state index in [2.05, 4.69) is 0 Å². The lowest BCUT2D eigenvalue weighted by atomic mass is 9.79. The van der Waals surface area contributed by atoms with E-state index in [-0.39, 0.29) is 10.9 Å². The summed E-state index contributed by atoms with van der Waals surface area (Å²) in [4.78, 5) is 27.7. The highest BCUT2D eigenvalue weighted by atomic mass is 35.5. The van der Waals surface area contributed by atoms with Crippen molar-refractivity contribution in [3.63, 3.8) is 0 Å². The lowest BCUT2D eigenvalue weighted by Gasteiger charge is -2.41. The summed E-state index contributed by atoms with van der Waals surface area (Å²) >= 11 is 12.3. The minimum absolute atomic E-state index is 0.267. The number of rotatable bonds is 3. The van der Waals surface area contributed by atoms with Gasteiger partial charge in [-0.25, -0.2) is 0 Å². The van der Waals surface area contributed by atoms with E-state index >= 15 is 0 Å². The topological polar surface area (TPSA) is 76.1 Å². The smallest absolute Gasteiger partial charge is 0.313 e. The van der Waals surface area contributed by atoms with Gasteiger partial charge in [0.05, 0.1) is 16.1 Å². The van der Waals surface area contributed by atoms with Crippen LogP contribution < -0.4 is 14.4 Å². The Labute approximate surface area is 193 Å². The van der Waals surface area contributed by atoms with Gasteiger partial charge in [-0.1, -0.05) is 47.5 Å². The number of carbonyl (C=O) groups excluding carboxylic acids is 1. The summed E-state index contributed by atoms with van der Waals surface area (Å²) in [6.45, 7) is 0.830. The molecule has 0 saturated carbocycles. The third-order valence-electron chi connectivity index (χ3n) is 5.69. The Morgan fingerprint density at radius 3 is 2.44 bits per heavy atom. The first-order valence-corrected chi connectivity index (χ1v) is 10.7. The van der Waals surface area contributed by atoms with Crippen molar-refractivity contribution in [1.82, 2.24) is 0 Å². The number of nitrogens with zero attached hydrogens (tertiary/aromatic N) is 1. The maximum Gasteiger partial charge on any atom is 0.313 e. The van der Waals surface area contributed by atoms with Crippen LogP contribution in [-0.4, -0.2) is 30.2 Å². The number of halogens is 2. The number of amides is 1. The number of carboxylic acids is 1. The molecule has 2 atom stereocenters. The third-order valence-corrected chi connectivity index (χ3v) is 6.43. The molecular weight excluding hydrogens is 453 g/mol. The number of fused-ring (bicyclic) bond motifs is 2. The fraction of sp³-hybridized carbons (Fsp3) is 0.167. The lowest BCUT2D eigenvalue weighted by molar-refractivity contribution is -0.139. The summed E-state index contributed by atoms with van der Waals surface area (Å²) in [6.07, 6.45) is 0. The number of ether oxygens (including phenoxy) is 2. The predicted molar refractivity (Wildman–Crippen MR) is 120 cm³/mol. The molecule has 0 saturated heterocycles. The summed E-state index contributed by atoms with van der Waals surface area (Å²) in [5.41, 5.74) is 1.85. The van der Waals surface area contributed by atoms with Crippen molar-refractivity contribution in [3.8, 4) is 11.5 Å². The van der Waals surface area contributed by atoms with Crippen molar-refractivity contribution in [3.05, 3.63) is 87.4 Å². The normalized spacial score (nSPS) is 19.4. The van der Waals surface area contributed by atoms with E-state index in [1.165, 1.54) is 4.90 Å². The van der Waals surface area contributed by atoms with Crippen LogP contribution in [0.5, 0.6) is 11.5 Å². The van der Waals surface area contributed by atoms with Gasteiger partial charge in [-0.05, 0) is 47.5 Å². The van der Waals surface area contributed by atoms with Crippen LogP contribution in [0.25, 0.3) is 0 Å². The van der Waals surface area contributed by atoms with E-state index in [9.17, 15) is 14.7 Å². The minimum atomic E-state index is -1.05. The molecule has 0 bridgehead atoms. The molecule has 2 aliphatic heterocycles. The quantitative estimate of drug-likeness (QED) is 0.560. The largest absolute Gasteiger partial charge is 0.486 e. The van der Waals surface area contributed by atoms with Crippen molar-refractivity contribution >= 4 is 40.8 Å². The maximum atomic E-state index is 13.7. The zero-order valence-electron chi connectivity index (χ0n) is 16.6. The molecule has 3 aromatic carbocycles. The molecule has 1 N–H and O–H groups in total. The van der Waals surface area contributed by atoms with Crippen molar-refractivity contribution in [2.24, 2.45) is 0 Å². The Morgan fingerprint density at radius 2 is 1.69 bits per heavy atom. The second-order valence-electron chi connectivity index (χ2n) is 7.52. The first kappa shape index (κ1) is 20.7. The average molecular weight is 470 g/mol. The van der Waals surface area contributed by atoms with Crippen LogP contribution in [0, 0.1) is 0 Å². The maximum absolute atomic E-state index is 13.7. The van der Waals surface area contributed by atoms with Crippen molar-refractivity contribution in [2.75, 3.05) is 18.1 Å². The molecule has 0 spiro atoms. The number of anilines is 1. The zero-order chi connectivity index (χ0) is 22.4. The number of hydrogen-bond acceptors (Lipinski definition) is 4. The standard InChI is InChI=1S/C24H17Cl2NO5/c25-17-7-6-14(12-18(17)26)27-22(13-5-8-19-20(11-13)32-10-9-31-19)21(24(29)30)15-3-1-2-4-16(15)23(27)28/h1-8,11-12,21-22H,9-10H2,(H,29,30)/t21-,22+/m0/s1. The van der Waals surface area contributed by atoms with Crippen LogP contribution in [0.4, 0.5) is 5.69 Å². The van der Waals surface area contributed by atoms with Crippen LogP contribution in [0.15, 0.2) is 60.7 Å². The van der Waals surface area contributed by atoms with Gasteiger partial charge in [-0.15, -0.1) is 0 Å². The Hall–Kier alpha value is -3.22. The number of aliphatic carboxylic acids is 1. The second-order valence-corrected chi connectivity index (χ2v) is 8.34. The van der Waals surface area contributed by atoms with Crippen molar-refractivity contribution < 1.29 is 24.2 Å². The molecule has 0 radical (unpaired) electrons. The number of carboxylic acid groups (broad SMARTS) is 1. The second kappa shape index (κ2) is 8.04. The number of benzene rings is 3. The molecule has 1 amide bonds. The number of carbonyl (C=O) groups is 2. The van der Waals surface area contributed by atoms with E-state index in [0.717, 1.165) is 0 Å². The first-order chi connectivity index (χ1) is 15.5. The summed E-state index contributed by atoms with van der Waals surface area (Å²) < 4.78 is 11.3. The summed E-state index contributed by atoms with van der Waals surface area (Å²) in [6, 6.07) is 16.0. The van der Waals surface area contributed by atoms with Crippen LogP contribution in [0.3, 0.4) is 0 Å². The zero-order valence-corrected chi connectivity index (χ0v) is 18.1. The predicted octanol–water partition coefficient (Wildman–Crippen LogP) is 5.33. The van der Waals surface area contributed by atoms with Gasteiger partial charge in [0.2, 0.25) is 0 Å². The Kier molecular flexibility index (Phi) is 5.19. The fourth-order valence-electron chi connectivity index (χ4n) is 4.30. The van der Waals surface area contributed by atoms with Crippen LogP contribution >= 0.6 is 23.2 Å². The molecule has 0 unspecified atom stereocenters. The molecule has 6 nitrogen and oxygen atoms in total. The molecular formula is C24H17Cl2NO5.